The van der Waals surface area contributed by atoms with Crippen molar-refractivity contribution in [2.24, 2.45) is 0 Å². The summed E-state index contributed by atoms with van der Waals surface area (Å²) in [5, 5.41) is 163. The van der Waals surface area contributed by atoms with E-state index in [-0.39, 0.29) is 12.8 Å². The Morgan fingerprint density at radius 1 is 0.407 bits per heavy atom. The summed E-state index contributed by atoms with van der Waals surface area (Å²) >= 11 is 0. The molecule has 0 aromatic rings. The fourth-order valence-electron chi connectivity index (χ4n) is 12.0. The number of amides is 1. The molecular formula is C62H121NO26P2. The third-order valence-electron chi connectivity index (χ3n) is 18.0. The van der Waals surface area contributed by atoms with Gasteiger partial charge in [-0.25, -0.2) is 9.13 Å². The van der Waals surface area contributed by atoms with Gasteiger partial charge in [-0.3, -0.25) is 22.9 Å². The summed E-state index contributed by atoms with van der Waals surface area (Å²) in [4.78, 5) is 34.8. The number of unbranched alkanes of at least 4 members (excludes halogenated alkanes) is 32. The lowest BCUT2D eigenvalue weighted by Crippen LogP contribution is -2.67. The van der Waals surface area contributed by atoms with E-state index in [1.165, 1.54) is 141 Å². The molecule has 1 heterocycles. The minimum atomic E-state index is -5.62. The van der Waals surface area contributed by atoms with Crippen LogP contribution < -0.4 is 5.32 Å². The number of carbonyl (C=O) groups excluding carboxylic acids is 1. The average Bonchev–Trinajstić information content (AvgIpc) is 1.02. The molecule has 91 heavy (non-hydrogen) atoms. The summed E-state index contributed by atoms with van der Waals surface area (Å²) in [5.74, 6) is -0.975. The summed E-state index contributed by atoms with van der Waals surface area (Å²) < 4.78 is 57.3. The molecule has 21 atom stereocenters. The number of phosphoric ester groups is 2. The predicted octanol–water partition coefficient (Wildman–Crippen LogP) is 4.11. The van der Waals surface area contributed by atoms with Crippen molar-refractivity contribution in [2.45, 2.75) is 373 Å². The fourth-order valence-corrected chi connectivity index (χ4v) is 14.0. The van der Waals surface area contributed by atoms with Crippen molar-refractivity contribution in [2.75, 3.05) is 13.2 Å². The summed E-state index contributed by atoms with van der Waals surface area (Å²) in [6, 6.07) is -1.66. The Balaban J connectivity index is 1.55. The smallest absolute Gasteiger partial charge is 0.390 e. The van der Waals surface area contributed by atoms with E-state index in [0.717, 1.165) is 64.2 Å². The molecule has 1 amide bonds. The zero-order valence-electron chi connectivity index (χ0n) is 54.2. The van der Waals surface area contributed by atoms with E-state index in [0.29, 0.717) is 12.8 Å². The molecule has 0 radical (unpaired) electrons. The van der Waals surface area contributed by atoms with Crippen LogP contribution in [0.25, 0.3) is 0 Å². The summed E-state index contributed by atoms with van der Waals surface area (Å²) in [7, 11) is -11.1. The SMILES string of the molecule is CCCCCCCCCCCCCCCCCCCCCCCCC(O)C(=O)NC(COP(=O)(O)OC1C(O)C(O)C(O)C(OC2OC(COP(=O)(O)OC3C(O)C(O)C(O)C(O)C3O)C(O)C(O)C2O)C1O)C(O)C(O)CCCCCCCCCCCCCC. The van der Waals surface area contributed by atoms with Gasteiger partial charge in [0.2, 0.25) is 5.91 Å². The molecule has 0 aromatic carbocycles. The fraction of sp³-hybridized carbons (Fsp3) is 0.984. The molecule has 1 aliphatic heterocycles. The van der Waals surface area contributed by atoms with E-state index in [1.54, 1.807) is 0 Å². The maximum absolute atomic E-state index is 13.7. The van der Waals surface area contributed by atoms with Crippen molar-refractivity contribution in [3.05, 3.63) is 0 Å². The van der Waals surface area contributed by atoms with Crippen LogP contribution in [0.5, 0.6) is 0 Å². The van der Waals surface area contributed by atoms with Gasteiger partial charge in [-0.15, -0.1) is 0 Å². The third kappa shape index (κ3) is 31.2. The Bertz CT molecular complexity index is 1960. The molecule has 29 heteroatoms. The molecule has 540 valence electrons. The van der Waals surface area contributed by atoms with Crippen LogP contribution in [0.15, 0.2) is 0 Å². The number of aliphatic hydroxyl groups excluding tert-OH is 15. The molecule has 3 rings (SSSR count). The number of carbonyl (C=O) groups is 1. The van der Waals surface area contributed by atoms with Crippen LogP contribution in [0, 0.1) is 0 Å². The van der Waals surface area contributed by atoms with E-state index in [2.05, 4.69) is 19.2 Å². The standard InChI is InChI=1S/C62H121NO26P2/c1-3-5-7-9-11-13-15-17-18-19-20-21-22-23-24-25-26-28-30-32-34-36-38-43(65)61(79)63-41(45(66)42(64)37-35-33-31-29-27-16-14-12-10-8-6-4-2)39-84-90(80,81)89-60-55(76)51(72)52(73)58(57(60)78)87-62-56(77)47(68)46(67)44(86-62)40-85-91(82,83)88-59-53(74)49(70)48(69)50(71)54(59)75/h41-60,62,64-78H,3-40H2,1-2H3,(H,63,79)(H,80,81)(H,82,83). The molecule has 1 saturated heterocycles. The number of hydrogen-bond acceptors (Lipinski definition) is 24. The minimum absolute atomic E-state index is 0.0486. The molecule has 18 N–H and O–H groups in total. The number of rotatable bonds is 52. The van der Waals surface area contributed by atoms with Gasteiger partial charge in [-0.2, -0.15) is 0 Å². The van der Waals surface area contributed by atoms with E-state index in [4.69, 9.17) is 27.6 Å². The highest BCUT2D eigenvalue weighted by atomic mass is 31.2. The Morgan fingerprint density at radius 3 is 1.13 bits per heavy atom. The van der Waals surface area contributed by atoms with Crippen molar-refractivity contribution in [3.8, 4) is 0 Å². The largest absolute Gasteiger partial charge is 0.472 e. The second-order valence-corrected chi connectivity index (χ2v) is 28.6. The maximum Gasteiger partial charge on any atom is 0.472 e. The lowest BCUT2D eigenvalue weighted by molar-refractivity contribution is -0.338. The van der Waals surface area contributed by atoms with E-state index < -0.39 is 163 Å². The molecule has 0 aromatic heterocycles. The van der Waals surface area contributed by atoms with Crippen molar-refractivity contribution < 1.29 is 128 Å². The minimum Gasteiger partial charge on any atom is -0.390 e. The van der Waals surface area contributed by atoms with Gasteiger partial charge in [0.15, 0.2) is 6.29 Å². The molecule has 0 bridgehead atoms. The number of ether oxygens (including phenoxy) is 2. The van der Waals surface area contributed by atoms with Gasteiger partial charge in [0.05, 0.1) is 25.4 Å². The quantitative estimate of drug-likeness (QED) is 0.0301. The molecule has 27 nitrogen and oxygen atoms in total. The lowest BCUT2D eigenvalue weighted by Gasteiger charge is -2.47. The molecule has 21 unspecified atom stereocenters. The first-order valence-corrected chi connectivity index (χ1v) is 37.4. The van der Waals surface area contributed by atoms with Crippen molar-refractivity contribution in [1.29, 1.82) is 0 Å². The number of hydrogen-bond donors (Lipinski definition) is 18. The number of phosphoric acid groups is 2. The van der Waals surface area contributed by atoms with E-state index in [1.807, 2.05) is 0 Å². The van der Waals surface area contributed by atoms with Crippen LogP contribution >= 0.6 is 15.6 Å². The van der Waals surface area contributed by atoms with Crippen molar-refractivity contribution in [3.63, 3.8) is 0 Å². The Hall–Kier alpha value is -0.990. The van der Waals surface area contributed by atoms with Crippen LogP contribution in [0.4, 0.5) is 0 Å². The van der Waals surface area contributed by atoms with Gasteiger partial charge in [0.1, 0.15) is 110 Å². The van der Waals surface area contributed by atoms with E-state index >= 15 is 0 Å². The monoisotopic (exact) mass is 1360 g/mol. The zero-order chi connectivity index (χ0) is 67.5. The average molecular weight is 1360 g/mol. The normalized spacial score (nSPS) is 31.6. The van der Waals surface area contributed by atoms with Gasteiger partial charge >= 0.3 is 15.6 Å². The molecule has 3 fully saturated rings. The van der Waals surface area contributed by atoms with Crippen molar-refractivity contribution >= 4 is 21.6 Å². The van der Waals surface area contributed by atoms with Crippen LogP contribution in [0.3, 0.4) is 0 Å². The first-order chi connectivity index (χ1) is 43.3. The molecule has 3 aliphatic rings. The Kier molecular flexibility index (Phi) is 42.9. The lowest BCUT2D eigenvalue weighted by atomic mass is 9.84. The Labute approximate surface area is 539 Å². The molecule has 2 aliphatic carbocycles. The molecular weight excluding hydrogens is 1240 g/mol. The summed E-state index contributed by atoms with van der Waals surface area (Å²) in [6.07, 6.45) is -4.19. The maximum atomic E-state index is 13.7. The van der Waals surface area contributed by atoms with Crippen LogP contribution in [-0.2, 0) is 41.5 Å². The highest BCUT2D eigenvalue weighted by Crippen LogP contribution is 2.49. The van der Waals surface area contributed by atoms with Gasteiger partial charge < -0.3 is 101 Å². The highest BCUT2D eigenvalue weighted by molar-refractivity contribution is 7.47. The first kappa shape index (κ1) is 84.2. The topological polar surface area (TPSA) is 463 Å². The summed E-state index contributed by atoms with van der Waals surface area (Å²) in [6.45, 7) is 2.11. The van der Waals surface area contributed by atoms with Crippen LogP contribution in [0.2, 0.25) is 0 Å². The second kappa shape index (κ2) is 46.3. The van der Waals surface area contributed by atoms with Gasteiger partial charge in [0, 0.05) is 0 Å². The summed E-state index contributed by atoms with van der Waals surface area (Å²) in [5.41, 5.74) is 0. The highest BCUT2D eigenvalue weighted by Gasteiger charge is 2.56. The third-order valence-corrected chi connectivity index (χ3v) is 20.0. The van der Waals surface area contributed by atoms with Crippen molar-refractivity contribution in [1.82, 2.24) is 5.32 Å². The zero-order valence-corrected chi connectivity index (χ0v) is 56.0. The molecule has 2 saturated carbocycles. The Morgan fingerprint density at radius 2 is 0.725 bits per heavy atom. The van der Waals surface area contributed by atoms with Gasteiger partial charge in [-0.1, -0.05) is 232 Å². The predicted molar refractivity (Wildman–Crippen MR) is 334 cm³/mol. The van der Waals surface area contributed by atoms with E-state index in [9.17, 15) is 100 Å². The number of aliphatic hydroxyl groups is 15. The van der Waals surface area contributed by atoms with Crippen LogP contribution in [-0.4, -0.2) is 234 Å². The van der Waals surface area contributed by atoms with Crippen LogP contribution in [0.1, 0.15) is 245 Å². The second-order valence-electron chi connectivity index (χ2n) is 25.8. The molecule has 0 spiro atoms. The van der Waals surface area contributed by atoms with Gasteiger partial charge in [0.25, 0.3) is 0 Å². The first-order valence-electron chi connectivity index (χ1n) is 34.4. The number of nitrogens with one attached hydrogen (secondary N) is 1. The van der Waals surface area contributed by atoms with Gasteiger partial charge in [-0.05, 0) is 12.8 Å².